The van der Waals surface area contributed by atoms with Crippen molar-refractivity contribution in [2.45, 2.75) is 6.42 Å². The van der Waals surface area contributed by atoms with E-state index in [9.17, 15) is 14.9 Å². The molecule has 0 N–H and O–H groups in total. The van der Waals surface area contributed by atoms with E-state index >= 15 is 0 Å². The van der Waals surface area contributed by atoms with Crippen LogP contribution >= 0.6 is 11.6 Å². The first kappa shape index (κ1) is 13.9. The Kier molecular flexibility index (Phi) is 4.63. The van der Waals surface area contributed by atoms with Crippen LogP contribution in [0.15, 0.2) is 18.2 Å². The summed E-state index contributed by atoms with van der Waals surface area (Å²) in [5, 5.41) is 19.2. The van der Waals surface area contributed by atoms with E-state index in [0.717, 1.165) is 6.07 Å². The minimum atomic E-state index is -0.613. The number of carbonyl (C=O) groups is 1. The number of carbonyl (C=O) groups excluding carboxylic acids is 1. The zero-order valence-corrected chi connectivity index (χ0v) is 10.3. The minimum absolute atomic E-state index is 0.126. The number of benzene rings is 1. The Balaban J connectivity index is 2.99. The number of halogens is 1. The summed E-state index contributed by atoms with van der Waals surface area (Å²) >= 11 is 5.72. The predicted octanol–water partition coefficient (Wildman–Crippen LogP) is 2.23. The normalized spacial score (nSPS) is 9.61. The van der Waals surface area contributed by atoms with Crippen molar-refractivity contribution in [1.82, 2.24) is 4.90 Å². The molecular formula is C11H10ClN3O3. The van der Waals surface area contributed by atoms with E-state index in [1.807, 2.05) is 6.07 Å². The van der Waals surface area contributed by atoms with E-state index in [2.05, 4.69) is 0 Å². The van der Waals surface area contributed by atoms with Crippen molar-refractivity contribution < 1.29 is 9.72 Å². The standard InChI is InChI=1S/C11H10ClN3O3/c1-14(4-2-3-13)11(16)8-5-9(12)7-10(6-8)15(17)18/h5-7H,2,4H2,1H3. The van der Waals surface area contributed by atoms with Crippen LogP contribution in [0.5, 0.6) is 0 Å². The van der Waals surface area contributed by atoms with Crippen molar-refractivity contribution in [2.75, 3.05) is 13.6 Å². The van der Waals surface area contributed by atoms with Gasteiger partial charge in [-0.25, -0.2) is 0 Å². The van der Waals surface area contributed by atoms with Gasteiger partial charge in [-0.2, -0.15) is 5.26 Å². The van der Waals surface area contributed by atoms with Gasteiger partial charge in [-0.1, -0.05) is 11.6 Å². The number of hydrogen-bond donors (Lipinski definition) is 0. The van der Waals surface area contributed by atoms with Crippen LogP contribution in [0.4, 0.5) is 5.69 Å². The SMILES string of the molecule is CN(CCC#N)C(=O)c1cc(Cl)cc([N+](=O)[O-])c1. The Hall–Kier alpha value is -2.13. The molecule has 0 saturated carbocycles. The van der Waals surface area contributed by atoms with Crippen LogP contribution in [0.2, 0.25) is 5.02 Å². The largest absolute Gasteiger partial charge is 0.341 e. The van der Waals surface area contributed by atoms with Crippen molar-refractivity contribution in [3.8, 4) is 6.07 Å². The summed E-state index contributed by atoms with van der Waals surface area (Å²) in [7, 11) is 1.52. The predicted molar refractivity (Wildman–Crippen MR) is 65.3 cm³/mol. The molecule has 0 aliphatic rings. The maximum atomic E-state index is 11.9. The molecule has 0 radical (unpaired) electrons. The highest BCUT2D eigenvalue weighted by Gasteiger charge is 2.16. The molecular weight excluding hydrogens is 258 g/mol. The summed E-state index contributed by atoms with van der Waals surface area (Å²) < 4.78 is 0. The van der Waals surface area contributed by atoms with Crippen molar-refractivity contribution in [2.24, 2.45) is 0 Å². The van der Waals surface area contributed by atoms with Gasteiger partial charge in [0.1, 0.15) is 0 Å². The maximum Gasteiger partial charge on any atom is 0.271 e. The molecule has 0 heterocycles. The molecule has 0 spiro atoms. The molecule has 1 aromatic carbocycles. The van der Waals surface area contributed by atoms with Gasteiger partial charge in [0.25, 0.3) is 11.6 Å². The van der Waals surface area contributed by atoms with Crippen LogP contribution in [0.3, 0.4) is 0 Å². The van der Waals surface area contributed by atoms with Gasteiger partial charge in [0, 0.05) is 36.3 Å². The summed E-state index contributed by atoms with van der Waals surface area (Å²) in [5.41, 5.74) is -0.103. The fourth-order valence-electron chi connectivity index (χ4n) is 1.34. The lowest BCUT2D eigenvalue weighted by molar-refractivity contribution is -0.384. The van der Waals surface area contributed by atoms with Crippen LogP contribution in [0.1, 0.15) is 16.8 Å². The van der Waals surface area contributed by atoms with E-state index in [1.54, 1.807) is 0 Å². The van der Waals surface area contributed by atoms with Crippen molar-refractivity contribution in [3.63, 3.8) is 0 Å². The number of nitro groups is 1. The molecule has 7 heteroatoms. The van der Waals surface area contributed by atoms with Gasteiger partial charge < -0.3 is 4.90 Å². The first-order valence-electron chi connectivity index (χ1n) is 5.03. The highest BCUT2D eigenvalue weighted by Crippen LogP contribution is 2.21. The van der Waals surface area contributed by atoms with Crippen molar-refractivity contribution in [3.05, 3.63) is 38.9 Å². The molecule has 0 aromatic heterocycles. The summed E-state index contributed by atoms with van der Waals surface area (Å²) in [6.45, 7) is 0.260. The Bertz CT molecular complexity index is 525. The second kappa shape index (κ2) is 5.98. The highest BCUT2D eigenvalue weighted by atomic mass is 35.5. The van der Waals surface area contributed by atoms with Gasteiger partial charge in [0.2, 0.25) is 0 Å². The lowest BCUT2D eigenvalue weighted by Crippen LogP contribution is -2.27. The van der Waals surface area contributed by atoms with Crippen molar-refractivity contribution in [1.29, 1.82) is 5.26 Å². The zero-order valence-electron chi connectivity index (χ0n) is 9.59. The Morgan fingerprint density at radius 2 is 2.22 bits per heavy atom. The van der Waals surface area contributed by atoms with E-state index in [-0.39, 0.29) is 29.2 Å². The molecule has 1 rings (SSSR count). The maximum absolute atomic E-state index is 11.9. The highest BCUT2D eigenvalue weighted by molar-refractivity contribution is 6.31. The van der Waals surface area contributed by atoms with Gasteiger partial charge >= 0.3 is 0 Å². The second-order valence-corrected chi connectivity index (χ2v) is 4.03. The molecule has 0 aliphatic heterocycles. The van der Waals surface area contributed by atoms with Gasteiger partial charge in [0.05, 0.1) is 17.4 Å². The molecule has 0 atom stereocenters. The smallest absolute Gasteiger partial charge is 0.271 e. The van der Waals surface area contributed by atoms with Gasteiger partial charge in [-0.05, 0) is 6.07 Å². The Labute approximate surface area is 109 Å². The fraction of sp³-hybridized carbons (Fsp3) is 0.273. The van der Waals surface area contributed by atoms with Crippen molar-refractivity contribution >= 4 is 23.2 Å². The molecule has 1 amide bonds. The zero-order chi connectivity index (χ0) is 13.7. The molecule has 0 saturated heterocycles. The Morgan fingerprint density at radius 1 is 1.56 bits per heavy atom. The molecule has 94 valence electrons. The summed E-state index contributed by atoms with van der Waals surface area (Å²) in [6, 6.07) is 5.62. The first-order chi connectivity index (χ1) is 8.45. The van der Waals surface area contributed by atoms with Crippen LogP contribution in [0, 0.1) is 21.4 Å². The number of nitriles is 1. The fourth-order valence-corrected chi connectivity index (χ4v) is 1.57. The summed E-state index contributed by atoms with van der Waals surface area (Å²) in [6.07, 6.45) is 0.199. The van der Waals surface area contributed by atoms with E-state index in [1.165, 1.54) is 24.1 Å². The number of hydrogen-bond acceptors (Lipinski definition) is 4. The monoisotopic (exact) mass is 267 g/mol. The summed E-state index contributed by atoms with van der Waals surface area (Å²) in [4.78, 5) is 23.3. The van der Waals surface area contributed by atoms with Gasteiger partial charge in [-0.15, -0.1) is 0 Å². The lowest BCUT2D eigenvalue weighted by atomic mass is 10.1. The first-order valence-corrected chi connectivity index (χ1v) is 5.41. The molecule has 0 aliphatic carbocycles. The molecule has 18 heavy (non-hydrogen) atoms. The molecule has 1 aromatic rings. The number of rotatable bonds is 4. The third-order valence-electron chi connectivity index (χ3n) is 2.25. The lowest BCUT2D eigenvalue weighted by Gasteiger charge is -2.15. The van der Waals surface area contributed by atoms with Crippen LogP contribution in [0.25, 0.3) is 0 Å². The van der Waals surface area contributed by atoms with Crippen LogP contribution < -0.4 is 0 Å². The summed E-state index contributed by atoms with van der Waals surface area (Å²) in [5.74, 6) is -0.407. The average Bonchev–Trinajstić information content (AvgIpc) is 2.34. The Morgan fingerprint density at radius 3 is 2.78 bits per heavy atom. The average molecular weight is 268 g/mol. The number of non-ortho nitro benzene ring substituents is 1. The van der Waals surface area contributed by atoms with E-state index in [0.29, 0.717) is 0 Å². The number of nitrogens with zero attached hydrogens (tertiary/aromatic N) is 3. The second-order valence-electron chi connectivity index (χ2n) is 3.59. The third-order valence-corrected chi connectivity index (χ3v) is 2.46. The molecule has 0 fully saturated rings. The third kappa shape index (κ3) is 3.43. The van der Waals surface area contributed by atoms with Crippen LogP contribution in [-0.4, -0.2) is 29.3 Å². The molecule has 0 unspecified atom stereocenters. The number of amides is 1. The van der Waals surface area contributed by atoms with Crippen LogP contribution in [-0.2, 0) is 0 Å². The molecule has 6 nitrogen and oxygen atoms in total. The van der Waals surface area contributed by atoms with Gasteiger partial charge in [-0.3, -0.25) is 14.9 Å². The number of nitro benzene ring substituents is 1. The van der Waals surface area contributed by atoms with E-state index < -0.39 is 10.8 Å². The minimum Gasteiger partial charge on any atom is -0.341 e. The quantitative estimate of drug-likeness (QED) is 0.618. The van der Waals surface area contributed by atoms with E-state index in [4.69, 9.17) is 16.9 Å². The molecule has 0 bridgehead atoms. The topological polar surface area (TPSA) is 87.2 Å². The van der Waals surface area contributed by atoms with Gasteiger partial charge in [0.15, 0.2) is 0 Å².